The van der Waals surface area contributed by atoms with Gasteiger partial charge in [0.15, 0.2) is 6.10 Å². The van der Waals surface area contributed by atoms with Crippen molar-refractivity contribution in [3.8, 4) is 0 Å². The van der Waals surface area contributed by atoms with Gasteiger partial charge in [0.2, 0.25) is 5.91 Å². The maximum atomic E-state index is 13.3. The number of thiophene rings is 1. The van der Waals surface area contributed by atoms with E-state index in [0.717, 1.165) is 20.9 Å². The quantitative estimate of drug-likeness (QED) is 0.337. The molecule has 3 aromatic rings. The molecule has 0 saturated carbocycles. The van der Waals surface area contributed by atoms with Gasteiger partial charge in [-0.05, 0) is 22.6 Å². The zero-order chi connectivity index (χ0) is 25.9. The summed E-state index contributed by atoms with van der Waals surface area (Å²) in [5, 5.41) is 13.9. The molecule has 0 radical (unpaired) electrons. The number of aliphatic carboxylic acids is 1. The van der Waals surface area contributed by atoms with Crippen LogP contribution >= 0.6 is 23.1 Å². The minimum atomic E-state index is -1.40. The molecule has 3 heterocycles. The predicted molar refractivity (Wildman–Crippen MR) is 139 cm³/mol. The fourth-order valence-corrected chi connectivity index (χ4v) is 6.36. The minimum absolute atomic E-state index is 0.0303. The summed E-state index contributed by atoms with van der Waals surface area (Å²) >= 11 is 2.66. The summed E-state index contributed by atoms with van der Waals surface area (Å²) in [4.78, 5) is 52.8. The third kappa shape index (κ3) is 5.03. The number of carbonyl (C=O) groups is 4. The van der Waals surface area contributed by atoms with Crippen molar-refractivity contribution in [2.75, 3.05) is 5.75 Å². The largest absolute Gasteiger partial charge is 0.477 e. The van der Waals surface area contributed by atoms with Crippen LogP contribution in [0.3, 0.4) is 0 Å². The van der Waals surface area contributed by atoms with Gasteiger partial charge in [-0.2, -0.15) is 0 Å². The molecule has 2 aromatic carbocycles. The highest BCUT2D eigenvalue weighted by Gasteiger charge is 2.55. The van der Waals surface area contributed by atoms with E-state index in [2.05, 4.69) is 5.32 Å². The lowest BCUT2D eigenvalue weighted by molar-refractivity contribution is -0.152. The van der Waals surface area contributed by atoms with Crippen LogP contribution in [-0.2, 0) is 30.3 Å². The van der Waals surface area contributed by atoms with Gasteiger partial charge in [0.25, 0.3) is 5.91 Å². The number of β-lactam (4-membered cyclic amide) rings is 1. The first kappa shape index (κ1) is 24.8. The van der Waals surface area contributed by atoms with Crippen LogP contribution in [0.5, 0.6) is 0 Å². The normalized spacial score (nSPS) is 18.7. The lowest BCUT2D eigenvalue weighted by Crippen LogP contribution is -2.70. The smallest absolute Gasteiger partial charge is 0.353 e. The number of ether oxygens (including phenoxy) is 1. The van der Waals surface area contributed by atoms with Gasteiger partial charge < -0.3 is 15.2 Å². The topological polar surface area (TPSA) is 113 Å². The molecule has 2 amide bonds. The first-order chi connectivity index (χ1) is 17.9. The number of carboxylic acids is 1. The monoisotopic (exact) mass is 534 g/mol. The first-order valence-corrected chi connectivity index (χ1v) is 13.4. The number of benzene rings is 2. The summed E-state index contributed by atoms with van der Waals surface area (Å²) in [6, 6.07) is 21.1. The van der Waals surface area contributed by atoms with Crippen molar-refractivity contribution in [1.29, 1.82) is 0 Å². The Morgan fingerprint density at radius 1 is 1.00 bits per heavy atom. The number of thioether (sulfide) groups is 1. The van der Waals surface area contributed by atoms with Gasteiger partial charge >= 0.3 is 11.9 Å². The summed E-state index contributed by atoms with van der Waals surface area (Å²) in [5.74, 6) is -3.06. The summed E-state index contributed by atoms with van der Waals surface area (Å²) < 4.78 is 5.86. The highest BCUT2D eigenvalue weighted by Crippen LogP contribution is 2.41. The molecular formula is C27H22N2O6S2. The molecule has 2 N–H and O–H groups in total. The Bertz CT molecular complexity index is 1320. The Kier molecular flexibility index (Phi) is 7.11. The molecule has 1 aromatic heterocycles. The standard InChI is InChI=1S/C27H22N2O6S2/c30-20(14-18-12-7-13-36-18)28-21-24(31)29-22(26(32)33)19(15-37-25(21)29)27(34)35-23(16-8-3-1-4-9-16)17-10-5-2-6-11-17/h1-13,21,23,25H,14-15H2,(H,28,30)(H,32,33)/t21?,25-/m0/s1. The number of hydrogen-bond acceptors (Lipinski definition) is 7. The second-order valence-electron chi connectivity index (χ2n) is 8.45. The molecule has 1 saturated heterocycles. The Morgan fingerprint density at radius 3 is 2.22 bits per heavy atom. The summed E-state index contributed by atoms with van der Waals surface area (Å²) in [7, 11) is 0. The Morgan fingerprint density at radius 2 is 1.65 bits per heavy atom. The molecule has 1 fully saturated rings. The van der Waals surface area contributed by atoms with E-state index in [0.29, 0.717) is 0 Å². The molecule has 10 heteroatoms. The molecule has 2 aliphatic heterocycles. The minimum Gasteiger partial charge on any atom is -0.477 e. The maximum absolute atomic E-state index is 13.3. The van der Waals surface area contributed by atoms with Crippen molar-refractivity contribution < 1.29 is 29.0 Å². The van der Waals surface area contributed by atoms with Crippen molar-refractivity contribution in [3.63, 3.8) is 0 Å². The number of amides is 2. The molecule has 2 atom stereocenters. The van der Waals surface area contributed by atoms with Gasteiger partial charge in [-0.1, -0.05) is 66.7 Å². The SMILES string of the molecule is O=C(Cc1cccs1)NC1C(=O)N2C(C(=O)O)=C(C(=O)OC(c3ccccc3)c3ccccc3)CS[C@@H]12. The molecule has 0 bridgehead atoms. The molecule has 1 unspecified atom stereocenters. The third-order valence-corrected chi connectivity index (χ3v) is 8.23. The van der Waals surface area contributed by atoms with Gasteiger partial charge in [0.05, 0.1) is 12.0 Å². The van der Waals surface area contributed by atoms with Crippen LogP contribution in [0.1, 0.15) is 22.1 Å². The Labute approximate surface area is 220 Å². The Balaban J connectivity index is 1.36. The van der Waals surface area contributed by atoms with Crippen molar-refractivity contribution in [2.45, 2.75) is 23.9 Å². The summed E-state index contributed by atoms with van der Waals surface area (Å²) in [6.07, 6.45) is -0.616. The Hall–Kier alpha value is -3.89. The number of carboxylic acid groups (broad SMARTS) is 1. The number of rotatable bonds is 8. The van der Waals surface area contributed by atoms with Crippen LogP contribution in [0.15, 0.2) is 89.4 Å². The molecule has 2 aliphatic rings. The number of hydrogen-bond donors (Lipinski definition) is 2. The fourth-order valence-electron chi connectivity index (χ4n) is 4.33. The number of carbonyl (C=O) groups excluding carboxylic acids is 3. The summed E-state index contributed by atoms with van der Waals surface area (Å²) in [6.45, 7) is 0. The lowest BCUT2D eigenvalue weighted by Gasteiger charge is -2.49. The van der Waals surface area contributed by atoms with Crippen molar-refractivity contribution in [3.05, 3.63) is 105 Å². The van der Waals surface area contributed by atoms with Crippen LogP contribution in [0, 0.1) is 0 Å². The van der Waals surface area contributed by atoms with E-state index < -0.39 is 41.1 Å². The zero-order valence-corrected chi connectivity index (χ0v) is 21.0. The molecular weight excluding hydrogens is 512 g/mol. The maximum Gasteiger partial charge on any atom is 0.353 e. The second kappa shape index (κ2) is 10.6. The van der Waals surface area contributed by atoms with Crippen molar-refractivity contribution in [1.82, 2.24) is 10.2 Å². The van der Waals surface area contributed by atoms with Crippen molar-refractivity contribution >= 4 is 46.9 Å². The van der Waals surface area contributed by atoms with E-state index >= 15 is 0 Å². The number of esters is 1. The van der Waals surface area contributed by atoms with Gasteiger partial charge in [0.1, 0.15) is 17.1 Å². The molecule has 8 nitrogen and oxygen atoms in total. The average Bonchev–Trinajstić information content (AvgIpc) is 3.43. The van der Waals surface area contributed by atoms with E-state index in [9.17, 15) is 24.3 Å². The van der Waals surface area contributed by atoms with E-state index in [1.165, 1.54) is 23.1 Å². The van der Waals surface area contributed by atoms with Crippen molar-refractivity contribution in [2.24, 2.45) is 0 Å². The number of nitrogens with zero attached hydrogens (tertiary/aromatic N) is 1. The number of fused-ring (bicyclic) bond motifs is 1. The molecule has 5 rings (SSSR count). The predicted octanol–water partition coefficient (Wildman–Crippen LogP) is 3.36. The highest BCUT2D eigenvalue weighted by molar-refractivity contribution is 8.00. The van der Waals surface area contributed by atoms with Crippen LogP contribution in [0.25, 0.3) is 0 Å². The van der Waals surface area contributed by atoms with E-state index in [-0.39, 0.29) is 23.7 Å². The molecule has 0 spiro atoms. The first-order valence-electron chi connectivity index (χ1n) is 11.5. The van der Waals surface area contributed by atoms with Gasteiger partial charge in [-0.25, -0.2) is 9.59 Å². The molecule has 188 valence electrons. The van der Waals surface area contributed by atoms with E-state index in [1.54, 1.807) is 0 Å². The van der Waals surface area contributed by atoms with Crippen LogP contribution in [0.4, 0.5) is 0 Å². The van der Waals surface area contributed by atoms with Gasteiger partial charge in [-0.3, -0.25) is 14.5 Å². The van der Waals surface area contributed by atoms with Crippen LogP contribution in [0.2, 0.25) is 0 Å². The lowest BCUT2D eigenvalue weighted by atomic mass is 10.0. The second-order valence-corrected chi connectivity index (χ2v) is 10.6. The highest BCUT2D eigenvalue weighted by atomic mass is 32.2. The fraction of sp³-hybridized carbons (Fsp3) is 0.185. The molecule has 37 heavy (non-hydrogen) atoms. The van der Waals surface area contributed by atoms with Gasteiger partial charge in [0, 0.05) is 10.6 Å². The average molecular weight is 535 g/mol. The zero-order valence-electron chi connectivity index (χ0n) is 19.4. The van der Waals surface area contributed by atoms with Crippen LogP contribution in [-0.4, -0.2) is 50.9 Å². The number of nitrogens with one attached hydrogen (secondary N) is 1. The van der Waals surface area contributed by atoms with E-state index in [4.69, 9.17) is 4.74 Å². The van der Waals surface area contributed by atoms with Gasteiger partial charge in [-0.15, -0.1) is 23.1 Å². The summed E-state index contributed by atoms with van der Waals surface area (Å²) in [5.41, 5.74) is 0.966. The van der Waals surface area contributed by atoms with Crippen LogP contribution < -0.4 is 5.32 Å². The third-order valence-electron chi connectivity index (χ3n) is 6.08. The molecule has 0 aliphatic carbocycles. The van der Waals surface area contributed by atoms with E-state index in [1.807, 2.05) is 78.2 Å².